The molecule has 3 rings (SSSR count). The molecule has 0 atom stereocenters. The van der Waals surface area contributed by atoms with Crippen molar-refractivity contribution in [3.05, 3.63) is 47.8 Å². The molecule has 1 aliphatic heterocycles. The molecule has 2 heterocycles. The van der Waals surface area contributed by atoms with Gasteiger partial charge in [-0.05, 0) is 18.2 Å². The van der Waals surface area contributed by atoms with Crippen molar-refractivity contribution in [1.29, 1.82) is 0 Å². The molecular weight excluding hydrogens is 280 g/mol. The fraction of sp³-hybridized carbons (Fsp3) is 0.312. The number of hydrogen-bond donors (Lipinski definition) is 2. The van der Waals surface area contributed by atoms with Crippen LogP contribution >= 0.6 is 0 Å². The van der Waals surface area contributed by atoms with Gasteiger partial charge in [-0.2, -0.15) is 10.2 Å². The van der Waals surface area contributed by atoms with Gasteiger partial charge >= 0.3 is 6.03 Å². The molecule has 6 nitrogen and oxygen atoms in total. The third-order valence-electron chi connectivity index (χ3n) is 3.61. The first-order chi connectivity index (χ1) is 10.5. The van der Waals surface area contributed by atoms with E-state index in [-0.39, 0.29) is 11.4 Å². The third-order valence-corrected chi connectivity index (χ3v) is 3.61. The Morgan fingerprint density at radius 3 is 3.00 bits per heavy atom. The standard InChI is InChI=1S/C16H18N4O2/c1-16(2)10-22-14-8-11(5-6-13(14)16)19-15(21)17-9-12-4-3-7-18-20-12/h3-8H,9-10H2,1-2H3,(H2,17,19,21). The molecule has 1 aliphatic rings. The number of urea groups is 1. The highest BCUT2D eigenvalue weighted by Crippen LogP contribution is 2.39. The van der Waals surface area contributed by atoms with Gasteiger partial charge in [-0.25, -0.2) is 4.79 Å². The molecule has 1 aromatic heterocycles. The first kappa shape index (κ1) is 14.3. The highest BCUT2D eigenvalue weighted by atomic mass is 16.5. The highest BCUT2D eigenvalue weighted by Gasteiger charge is 2.31. The zero-order valence-electron chi connectivity index (χ0n) is 12.6. The van der Waals surface area contributed by atoms with Crippen LogP contribution in [0.4, 0.5) is 10.5 Å². The normalized spacial score (nSPS) is 14.8. The van der Waals surface area contributed by atoms with Crippen LogP contribution in [0.25, 0.3) is 0 Å². The van der Waals surface area contributed by atoms with Crippen molar-refractivity contribution in [1.82, 2.24) is 15.5 Å². The van der Waals surface area contributed by atoms with E-state index in [0.29, 0.717) is 24.5 Å². The number of rotatable bonds is 3. The van der Waals surface area contributed by atoms with Crippen molar-refractivity contribution in [2.45, 2.75) is 25.8 Å². The molecule has 2 amide bonds. The second-order valence-corrected chi connectivity index (χ2v) is 5.91. The summed E-state index contributed by atoms with van der Waals surface area (Å²) in [5, 5.41) is 13.2. The van der Waals surface area contributed by atoms with E-state index in [0.717, 1.165) is 11.3 Å². The van der Waals surface area contributed by atoms with Crippen LogP contribution in [0.3, 0.4) is 0 Å². The quantitative estimate of drug-likeness (QED) is 0.912. The van der Waals surface area contributed by atoms with Crippen LogP contribution in [-0.2, 0) is 12.0 Å². The molecule has 0 fully saturated rings. The number of carbonyl (C=O) groups excluding carboxylic acids is 1. The Hall–Kier alpha value is -2.63. The first-order valence-corrected chi connectivity index (χ1v) is 7.13. The van der Waals surface area contributed by atoms with Gasteiger partial charge in [0.25, 0.3) is 0 Å². The van der Waals surface area contributed by atoms with E-state index >= 15 is 0 Å². The number of nitrogens with one attached hydrogen (secondary N) is 2. The Bertz CT molecular complexity index is 686. The van der Waals surface area contributed by atoms with E-state index in [1.54, 1.807) is 18.3 Å². The Labute approximate surface area is 128 Å². The molecule has 0 aliphatic carbocycles. The van der Waals surface area contributed by atoms with Gasteiger partial charge in [0.05, 0.1) is 18.8 Å². The zero-order valence-corrected chi connectivity index (χ0v) is 12.6. The average Bonchev–Trinajstić information content (AvgIpc) is 2.81. The van der Waals surface area contributed by atoms with E-state index in [1.807, 2.05) is 18.2 Å². The molecule has 114 valence electrons. The topological polar surface area (TPSA) is 76.1 Å². The van der Waals surface area contributed by atoms with Crippen LogP contribution in [-0.4, -0.2) is 22.8 Å². The van der Waals surface area contributed by atoms with E-state index in [1.165, 1.54) is 0 Å². The number of aromatic nitrogens is 2. The van der Waals surface area contributed by atoms with Gasteiger partial charge in [0.15, 0.2) is 0 Å². The SMILES string of the molecule is CC1(C)COc2cc(NC(=O)NCc3cccnn3)ccc21. The summed E-state index contributed by atoms with van der Waals surface area (Å²) < 4.78 is 5.68. The van der Waals surface area contributed by atoms with Crippen molar-refractivity contribution >= 4 is 11.7 Å². The van der Waals surface area contributed by atoms with Crippen LogP contribution < -0.4 is 15.4 Å². The number of anilines is 1. The highest BCUT2D eigenvalue weighted by molar-refractivity contribution is 5.89. The Kier molecular flexibility index (Phi) is 3.66. The predicted molar refractivity (Wildman–Crippen MR) is 82.9 cm³/mol. The number of ether oxygens (including phenoxy) is 1. The van der Waals surface area contributed by atoms with Crippen LogP contribution in [0.2, 0.25) is 0 Å². The fourth-order valence-electron chi connectivity index (χ4n) is 2.39. The fourth-order valence-corrected chi connectivity index (χ4v) is 2.39. The van der Waals surface area contributed by atoms with Crippen LogP contribution in [0.1, 0.15) is 25.1 Å². The number of amides is 2. The minimum Gasteiger partial charge on any atom is -0.492 e. The minimum absolute atomic E-state index is 0.0160. The van der Waals surface area contributed by atoms with E-state index in [9.17, 15) is 4.79 Å². The maximum Gasteiger partial charge on any atom is 0.319 e. The van der Waals surface area contributed by atoms with Crippen molar-refractivity contribution in [2.75, 3.05) is 11.9 Å². The second kappa shape index (κ2) is 5.63. The summed E-state index contributed by atoms with van der Waals surface area (Å²) in [6.45, 7) is 5.26. The van der Waals surface area contributed by atoms with Gasteiger partial charge in [0.1, 0.15) is 5.75 Å². The predicted octanol–water partition coefficient (Wildman–Crippen LogP) is 2.47. The van der Waals surface area contributed by atoms with Crippen molar-refractivity contribution in [3.63, 3.8) is 0 Å². The zero-order chi connectivity index (χ0) is 15.6. The molecule has 22 heavy (non-hydrogen) atoms. The van der Waals surface area contributed by atoms with Crippen LogP contribution in [0.15, 0.2) is 36.5 Å². The molecule has 2 N–H and O–H groups in total. The maximum absolute atomic E-state index is 11.9. The molecule has 1 aromatic carbocycles. The third kappa shape index (κ3) is 3.00. The largest absolute Gasteiger partial charge is 0.492 e. The lowest BCUT2D eigenvalue weighted by molar-refractivity contribution is 0.251. The monoisotopic (exact) mass is 298 g/mol. The minimum atomic E-state index is -0.289. The molecule has 0 spiro atoms. The van der Waals surface area contributed by atoms with E-state index in [4.69, 9.17) is 4.74 Å². The maximum atomic E-state index is 11.9. The van der Waals surface area contributed by atoms with Gasteiger partial charge in [0.2, 0.25) is 0 Å². The number of nitrogens with zero attached hydrogens (tertiary/aromatic N) is 2. The second-order valence-electron chi connectivity index (χ2n) is 5.91. The molecule has 2 aromatic rings. The van der Waals surface area contributed by atoms with Gasteiger partial charge in [0, 0.05) is 28.9 Å². The molecule has 0 unspecified atom stereocenters. The number of fused-ring (bicyclic) bond motifs is 1. The first-order valence-electron chi connectivity index (χ1n) is 7.13. The van der Waals surface area contributed by atoms with Gasteiger partial charge in [-0.3, -0.25) is 0 Å². The van der Waals surface area contributed by atoms with Crippen molar-refractivity contribution in [2.24, 2.45) is 0 Å². The summed E-state index contributed by atoms with van der Waals surface area (Å²) in [4.78, 5) is 11.9. The lowest BCUT2D eigenvalue weighted by atomic mass is 9.87. The van der Waals surface area contributed by atoms with Gasteiger partial charge in [-0.1, -0.05) is 19.9 Å². The average molecular weight is 298 g/mol. The van der Waals surface area contributed by atoms with Gasteiger partial charge < -0.3 is 15.4 Å². The number of benzene rings is 1. The summed E-state index contributed by atoms with van der Waals surface area (Å²) in [6, 6.07) is 9.03. The summed E-state index contributed by atoms with van der Waals surface area (Å²) in [5.41, 5.74) is 2.59. The molecule has 0 saturated heterocycles. The smallest absolute Gasteiger partial charge is 0.319 e. The lowest BCUT2D eigenvalue weighted by Crippen LogP contribution is -2.28. The summed E-state index contributed by atoms with van der Waals surface area (Å²) in [6.07, 6.45) is 1.59. The lowest BCUT2D eigenvalue weighted by Gasteiger charge is -2.15. The molecule has 6 heteroatoms. The Morgan fingerprint density at radius 2 is 2.23 bits per heavy atom. The van der Waals surface area contributed by atoms with E-state index in [2.05, 4.69) is 34.7 Å². The summed E-state index contributed by atoms with van der Waals surface area (Å²) in [7, 11) is 0. The number of hydrogen-bond acceptors (Lipinski definition) is 4. The van der Waals surface area contributed by atoms with Crippen molar-refractivity contribution < 1.29 is 9.53 Å². The Morgan fingerprint density at radius 1 is 1.36 bits per heavy atom. The van der Waals surface area contributed by atoms with Gasteiger partial charge in [-0.15, -0.1) is 0 Å². The molecule has 0 bridgehead atoms. The molecule has 0 saturated carbocycles. The Balaban J connectivity index is 1.61. The van der Waals surface area contributed by atoms with Crippen molar-refractivity contribution in [3.8, 4) is 5.75 Å². The van der Waals surface area contributed by atoms with E-state index < -0.39 is 0 Å². The molecular formula is C16H18N4O2. The summed E-state index contributed by atoms with van der Waals surface area (Å²) in [5.74, 6) is 0.830. The van der Waals surface area contributed by atoms with Crippen LogP contribution in [0.5, 0.6) is 5.75 Å². The number of carbonyl (C=O) groups is 1. The summed E-state index contributed by atoms with van der Waals surface area (Å²) >= 11 is 0. The van der Waals surface area contributed by atoms with Crippen LogP contribution in [0, 0.1) is 0 Å². The molecule has 0 radical (unpaired) electrons.